The van der Waals surface area contributed by atoms with Crippen molar-refractivity contribution in [2.45, 2.75) is 31.9 Å². The molecule has 1 amide bonds. The summed E-state index contributed by atoms with van der Waals surface area (Å²) in [6.07, 6.45) is 1.55. The Balaban J connectivity index is 0.00000200. The van der Waals surface area contributed by atoms with Crippen molar-refractivity contribution in [2.24, 2.45) is 17.1 Å². The van der Waals surface area contributed by atoms with E-state index >= 15 is 0 Å². The highest BCUT2D eigenvalue weighted by Crippen LogP contribution is 2.34. The molecule has 0 saturated carbocycles. The van der Waals surface area contributed by atoms with Crippen LogP contribution in [0.1, 0.15) is 26.7 Å². The van der Waals surface area contributed by atoms with Crippen molar-refractivity contribution in [3.63, 3.8) is 0 Å². The maximum absolute atomic E-state index is 12.9. The zero-order valence-electron chi connectivity index (χ0n) is 12.5. The number of hydrogen-bond acceptors (Lipinski definition) is 4. The maximum Gasteiger partial charge on any atom is 0.230 e. The first-order valence-corrected chi connectivity index (χ1v) is 8.33. The molecular formula is C14H27ClN2O2S. The zero-order valence-corrected chi connectivity index (χ0v) is 14.1. The molecule has 1 unspecified atom stereocenters. The van der Waals surface area contributed by atoms with E-state index in [1.54, 1.807) is 0 Å². The lowest BCUT2D eigenvalue weighted by atomic mass is 9.78. The molecule has 20 heavy (non-hydrogen) atoms. The quantitative estimate of drug-likeness (QED) is 0.860. The van der Waals surface area contributed by atoms with E-state index in [9.17, 15) is 4.79 Å². The molecular weight excluding hydrogens is 296 g/mol. The molecule has 2 saturated heterocycles. The number of hydrogen-bond donors (Lipinski definition) is 1. The average Bonchev–Trinajstić information content (AvgIpc) is 2.47. The van der Waals surface area contributed by atoms with E-state index in [0.29, 0.717) is 30.9 Å². The molecule has 0 bridgehead atoms. The molecule has 0 aromatic heterocycles. The molecule has 1 atom stereocenters. The van der Waals surface area contributed by atoms with Crippen molar-refractivity contribution in [3.05, 3.63) is 0 Å². The van der Waals surface area contributed by atoms with E-state index in [4.69, 9.17) is 10.5 Å². The van der Waals surface area contributed by atoms with Gasteiger partial charge >= 0.3 is 0 Å². The van der Waals surface area contributed by atoms with Gasteiger partial charge in [-0.15, -0.1) is 12.4 Å². The Morgan fingerprint density at radius 1 is 1.45 bits per heavy atom. The normalized spacial score (nSPS) is 26.2. The molecule has 118 valence electrons. The van der Waals surface area contributed by atoms with E-state index in [1.807, 2.05) is 11.8 Å². The van der Waals surface area contributed by atoms with Crippen molar-refractivity contribution < 1.29 is 9.53 Å². The number of nitrogens with zero attached hydrogens (tertiary/aromatic N) is 1. The van der Waals surface area contributed by atoms with Crippen molar-refractivity contribution >= 4 is 30.1 Å². The second-order valence-corrected chi connectivity index (χ2v) is 7.35. The number of carbonyl (C=O) groups is 1. The summed E-state index contributed by atoms with van der Waals surface area (Å²) in [4.78, 5) is 14.9. The van der Waals surface area contributed by atoms with Gasteiger partial charge in [-0.05, 0) is 18.8 Å². The zero-order chi connectivity index (χ0) is 13.9. The SMILES string of the molecule is CC(C)C1CN(C(=O)C2(CN)CCOCC2)CCS1.Cl. The summed E-state index contributed by atoms with van der Waals surface area (Å²) in [5.74, 6) is 1.93. The van der Waals surface area contributed by atoms with Crippen molar-refractivity contribution in [2.75, 3.05) is 38.6 Å². The van der Waals surface area contributed by atoms with Gasteiger partial charge in [-0.1, -0.05) is 13.8 Å². The lowest BCUT2D eigenvalue weighted by molar-refractivity contribution is -0.147. The van der Waals surface area contributed by atoms with Crippen molar-refractivity contribution in [1.29, 1.82) is 0 Å². The number of amides is 1. The molecule has 2 fully saturated rings. The Morgan fingerprint density at radius 2 is 2.10 bits per heavy atom. The van der Waals surface area contributed by atoms with Gasteiger partial charge in [-0.2, -0.15) is 11.8 Å². The van der Waals surface area contributed by atoms with E-state index in [2.05, 4.69) is 18.7 Å². The third kappa shape index (κ3) is 3.81. The van der Waals surface area contributed by atoms with Crippen molar-refractivity contribution in [1.82, 2.24) is 4.90 Å². The van der Waals surface area contributed by atoms with Gasteiger partial charge in [0, 0.05) is 43.9 Å². The van der Waals surface area contributed by atoms with Crippen LogP contribution < -0.4 is 5.73 Å². The summed E-state index contributed by atoms with van der Waals surface area (Å²) in [5, 5.41) is 0.562. The topological polar surface area (TPSA) is 55.6 Å². The highest BCUT2D eigenvalue weighted by Gasteiger charge is 2.42. The highest BCUT2D eigenvalue weighted by atomic mass is 35.5. The van der Waals surface area contributed by atoms with E-state index < -0.39 is 0 Å². The molecule has 0 spiro atoms. The first-order chi connectivity index (χ1) is 9.09. The first kappa shape index (κ1) is 18.1. The van der Waals surface area contributed by atoms with Gasteiger partial charge in [-0.25, -0.2) is 0 Å². The van der Waals surface area contributed by atoms with E-state index in [1.165, 1.54) is 0 Å². The van der Waals surface area contributed by atoms with Gasteiger partial charge < -0.3 is 15.4 Å². The second kappa shape index (κ2) is 7.87. The lowest BCUT2D eigenvalue weighted by Crippen LogP contribution is -2.54. The van der Waals surface area contributed by atoms with E-state index in [0.717, 1.165) is 31.7 Å². The van der Waals surface area contributed by atoms with E-state index in [-0.39, 0.29) is 23.7 Å². The van der Waals surface area contributed by atoms with Gasteiger partial charge in [0.05, 0.1) is 5.41 Å². The fraction of sp³-hybridized carbons (Fsp3) is 0.929. The largest absolute Gasteiger partial charge is 0.381 e. The average molecular weight is 323 g/mol. The molecule has 2 N–H and O–H groups in total. The Kier molecular flexibility index (Phi) is 7.12. The minimum Gasteiger partial charge on any atom is -0.381 e. The summed E-state index contributed by atoms with van der Waals surface area (Å²) in [5.41, 5.74) is 5.57. The fourth-order valence-electron chi connectivity index (χ4n) is 2.87. The summed E-state index contributed by atoms with van der Waals surface area (Å²) >= 11 is 2.00. The number of rotatable bonds is 3. The van der Waals surface area contributed by atoms with Gasteiger partial charge in [0.1, 0.15) is 0 Å². The monoisotopic (exact) mass is 322 g/mol. The number of thioether (sulfide) groups is 1. The lowest BCUT2D eigenvalue weighted by Gasteiger charge is -2.42. The van der Waals surface area contributed by atoms with Crippen LogP contribution >= 0.6 is 24.2 Å². The van der Waals surface area contributed by atoms with Crippen LogP contribution in [0, 0.1) is 11.3 Å². The Hall–Kier alpha value is 0.0300. The number of ether oxygens (including phenoxy) is 1. The minimum atomic E-state index is -0.359. The Bertz CT molecular complexity index is 322. The third-order valence-electron chi connectivity index (χ3n) is 4.42. The molecule has 0 radical (unpaired) electrons. The summed E-state index contributed by atoms with van der Waals surface area (Å²) in [7, 11) is 0. The number of nitrogens with two attached hydrogens (primary N) is 1. The van der Waals surface area contributed by atoms with Crippen LogP contribution in [0.2, 0.25) is 0 Å². The molecule has 2 aliphatic heterocycles. The predicted octanol–water partition coefficient (Wildman–Crippen LogP) is 1.76. The minimum absolute atomic E-state index is 0. The van der Waals surface area contributed by atoms with Gasteiger partial charge in [-0.3, -0.25) is 4.79 Å². The first-order valence-electron chi connectivity index (χ1n) is 7.28. The predicted molar refractivity (Wildman–Crippen MR) is 86.5 cm³/mol. The molecule has 6 heteroatoms. The Morgan fingerprint density at radius 3 is 2.65 bits per heavy atom. The van der Waals surface area contributed by atoms with Gasteiger partial charge in [0.25, 0.3) is 0 Å². The molecule has 4 nitrogen and oxygen atoms in total. The maximum atomic E-state index is 12.9. The molecule has 0 aliphatic carbocycles. The van der Waals surface area contributed by atoms with Gasteiger partial charge in [0.15, 0.2) is 0 Å². The standard InChI is InChI=1S/C14H26N2O2S.ClH/c1-11(2)12-9-16(5-8-19-12)13(17)14(10-15)3-6-18-7-4-14;/h11-12H,3-10,15H2,1-2H3;1H. The molecule has 2 heterocycles. The van der Waals surface area contributed by atoms with Crippen LogP contribution in [0.3, 0.4) is 0 Å². The smallest absolute Gasteiger partial charge is 0.230 e. The van der Waals surface area contributed by atoms with Crippen LogP contribution in [-0.4, -0.2) is 54.7 Å². The Labute approximate surface area is 132 Å². The van der Waals surface area contributed by atoms with Gasteiger partial charge in [0.2, 0.25) is 5.91 Å². The number of halogens is 1. The fourth-order valence-corrected chi connectivity index (χ4v) is 4.16. The van der Waals surface area contributed by atoms with Crippen LogP contribution in [0.5, 0.6) is 0 Å². The van der Waals surface area contributed by atoms with Crippen molar-refractivity contribution in [3.8, 4) is 0 Å². The third-order valence-corrected chi connectivity index (χ3v) is 5.96. The van der Waals surface area contributed by atoms with Crippen LogP contribution in [0.25, 0.3) is 0 Å². The molecule has 2 rings (SSSR count). The van der Waals surface area contributed by atoms with Crippen LogP contribution in [0.15, 0.2) is 0 Å². The van der Waals surface area contributed by atoms with Crippen LogP contribution in [0.4, 0.5) is 0 Å². The summed E-state index contributed by atoms with van der Waals surface area (Å²) in [6.45, 7) is 8.00. The molecule has 0 aromatic rings. The molecule has 0 aromatic carbocycles. The summed E-state index contributed by atoms with van der Waals surface area (Å²) < 4.78 is 5.39. The summed E-state index contributed by atoms with van der Waals surface area (Å²) in [6, 6.07) is 0. The highest BCUT2D eigenvalue weighted by molar-refractivity contribution is 8.00. The van der Waals surface area contributed by atoms with Crippen LogP contribution in [-0.2, 0) is 9.53 Å². The number of carbonyl (C=O) groups excluding carboxylic acids is 1. The second-order valence-electron chi connectivity index (χ2n) is 6.00. The molecule has 2 aliphatic rings.